The normalized spacial score (nSPS) is 10.4. The summed E-state index contributed by atoms with van der Waals surface area (Å²) in [7, 11) is 2.50. The average molecular weight is 414 g/mol. The Morgan fingerprint density at radius 3 is 2.36 bits per heavy atom. The SMILES string of the molecule is COC(=O)c1nn(-c2cc(C)ccc2C)c(I)c1C(=O)OC. The van der Waals surface area contributed by atoms with Crippen molar-refractivity contribution in [2.24, 2.45) is 0 Å². The van der Waals surface area contributed by atoms with Crippen LogP contribution in [0.5, 0.6) is 0 Å². The standard InChI is InChI=1S/C15H15IN2O4/c1-8-5-6-9(2)10(7-8)18-13(16)11(14(19)21-3)12(17-18)15(20)22-4/h5-7H,1-4H3. The molecule has 1 aromatic carbocycles. The first kappa shape index (κ1) is 16.5. The molecule has 0 saturated carbocycles. The third-order valence-electron chi connectivity index (χ3n) is 3.19. The average Bonchev–Trinajstić information content (AvgIpc) is 2.85. The van der Waals surface area contributed by atoms with Gasteiger partial charge in [0.15, 0.2) is 5.69 Å². The largest absolute Gasteiger partial charge is 0.465 e. The number of carbonyl (C=O) groups is 2. The molecule has 116 valence electrons. The molecule has 1 heterocycles. The van der Waals surface area contributed by atoms with Crippen LogP contribution in [0.2, 0.25) is 0 Å². The molecule has 0 atom stereocenters. The van der Waals surface area contributed by atoms with Crippen molar-refractivity contribution in [1.82, 2.24) is 9.78 Å². The fourth-order valence-electron chi connectivity index (χ4n) is 2.03. The van der Waals surface area contributed by atoms with Crippen LogP contribution in [0.15, 0.2) is 18.2 Å². The highest BCUT2D eigenvalue weighted by atomic mass is 127. The van der Waals surface area contributed by atoms with Crippen LogP contribution in [0.4, 0.5) is 0 Å². The topological polar surface area (TPSA) is 70.4 Å². The highest BCUT2D eigenvalue weighted by Crippen LogP contribution is 2.24. The van der Waals surface area contributed by atoms with Crippen LogP contribution in [0.3, 0.4) is 0 Å². The molecule has 0 fully saturated rings. The fourth-order valence-corrected chi connectivity index (χ4v) is 2.87. The van der Waals surface area contributed by atoms with Gasteiger partial charge >= 0.3 is 11.9 Å². The number of esters is 2. The number of rotatable bonds is 3. The van der Waals surface area contributed by atoms with Gasteiger partial charge in [0.05, 0.1) is 19.9 Å². The summed E-state index contributed by atoms with van der Waals surface area (Å²) in [6, 6.07) is 5.88. The lowest BCUT2D eigenvalue weighted by Gasteiger charge is -2.08. The van der Waals surface area contributed by atoms with E-state index in [1.807, 2.05) is 54.6 Å². The molecule has 2 aromatic rings. The van der Waals surface area contributed by atoms with Crippen molar-refractivity contribution in [1.29, 1.82) is 0 Å². The van der Waals surface area contributed by atoms with Gasteiger partial charge in [-0.2, -0.15) is 5.10 Å². The van der Waals surface area contributed by atoms with E-state index in [0.29, 0.717) is 3.70 Å². The molecule has 0 aliphatic carbocycles. The van der Waals surface area contributed by atoms with Gasteiger partial charge in [0.1, 0.15) is 9.26 Å². The van der Waals surface area contributed by atoms with Crippen LogP contribution in [-0.2, 0) is 9.47 Å². The van der Waals surface area contributed by atoms with E-state index in [1.165, 1.54) is 14.2 Å². The van der Waals surface area contributed by atoms with E-state index in [2.05, 4.69) is 5.10 Å². The van der Waals surface area contributed by atoms with Crippen molar-refractivity contribution >= 4 is 34.5 Å². The molecule has 0 aliphatic heterocycles. The molecule has 0 amide bonds. The van der Waals surface area contributed by atoms with E-state index < -0.39 is 11.9 Å². The predicted octanol–water partition coefficient (Wildman–Crippen LogP) is 2.67. The van der Waals surface area contributed by atoms with Gasteiger partial charge in [-0.3, -0.25) is 0 Å². The van der Waals surface area contributed by atoms with Gasteiger partial charge in [-0.25, -0.2) is 14.3 Å². The zero-order chi connectivity index (χ0) is 16.4. The second-order valence-corrected chi connectivity index (χ2v) is 5.72. The molecule has 7 heteroatoms. The number of benzene rings is 1. The van der Waals surface area contributed by atoms with E-state index in [1.54, 1.807) is 4.68 Å². The Morgan fingerprint density at radius 1 is 1.14 bits per heavy atom. The Bertz CT molecular complexity index is 752. The van der Waals surface area contributed by atoms with Gasteiger partial charge in [0.25, 0.3) is 0 Å². The van der Waals surface area contributed by atoms with Crippen molar-refractivity contribution in [2.75, 3.05) is 14.2 Å². The minimum atomic E-state index is -0.678. The first-order valence-corrected chi connectivity index (χ1v) is 7.51. The van der Waals surface area contributed by atoms with Crippen LogP contribution < -0.4 is 0 Å². The summed E-state index contributed by atoms with van der Waals surface area (Å²) in [5.74, 6) is -1.30. The van der Waals surface area contributed by atoms with E-state index in [0.717, 1.165) is 16.8 Å². The van der Waals surface area contributed by atoms with Gasteiger partial charge in [-0.1, -0.05) is 12.1 Å². The fraction of sp³-hybridized carbons (Fsp3) is 0.267. The van der Waals surface area contributed by atoms with Gasteiger partial charge in [-0.15, -0.1) is 0 Å². The van der Waals surface area contributed by atoms with Gasteiger partial charge < -0.3 is 9.47 Å². The van der Waals surface area contributed by atoms with Crippen molar-refractivity contribution in [3.63, 3.8) is 0 Å². The monoisotopic (exact) mass is 414 g/mol. The molecule has 0 bridgehead atoms. The molecule has 22 heavy (non-hydrogen) atoms. The number of ether oxygens (including phenoxy) is 2. The number of methoxy groups -OCH3 is 2. The molecule has 1 aromatic heterocycles. The van der Waals surface area contributed by atoms with Gasteiger partial charge in [-0.05, 0) is 53.6 Å². The highest BCUT2D eigenvalue weighted by Gasteiger charge is 2.29. The number of hydrogen-bond donors (Lipinski definition) is 0. The summed E-state index contributed by atoms with van der Waals surface area (Å²) in [5, 5.41) is 4.26. The quantitative estimate of drug-likeness (QED) is 0.571. The smallest absolute Gasteiger partial charge is 0.359 e. The van der Waals surface area contributed by atoms with Crippen molar-refractivity contribution in [3.05, 3.63) is 44.3 Å². The zero-order valence-corrected chi connectivity index (χ0v) is 14.8. The maximum absolute atomic E-state index is 12.0. The summed E-state index contributed by atoms with van der Waals surface area (Å²) in [6.45, 7) is 3.89. The molecular weight excluding hydrogens is 399 g/mol. The predicted molar refractivity (Wildman–Crippen MR) is 88.4 cm³/mol. The van der Waals surface area contributed by atoms with E-state index in [9.17, 15) is 9.59 Å². The molecule has 0 aliphatic rings. The number of nitrogens with zero attached hydrogens (tertiary/aromatic N) is 2. The molecule has 0 radical (unpaired) electrons. The summed E-state index contributed by atoms with van der Waals surface area (Å²) in [4.78, 5) is 23.9. The Hall–Kier alpha value is -1.90. The Morgan fingerprint density at radius 2 is 1.77 bits per heavy atom. The van der Waals surface area contributed by atoms with E-state index in [-0.39, 0.29) is 11.3 Å². The van der Waals surface area contributed by atoms with Crippen molar-refractivity contribution in [2.45, 2.75) is 13.8 Å². The van der Waals surface area contributed by atoms with Crippen LogP contribution in [-0.4, -0.2) is 35.9 Å². The maximum atomic E-state index is 12.0. The Labute approximate surface area is 141 Å². The first-order chi connectivity index (χ1) is 10.4. The lowest BCUT2D eigenvalue weighted by atomic mass is 10.1. The number of aryl methyl sites for hydroxylation is 2. The summed E-state index contributed by atoms with van der Waals surface area (Å²) < 4.78 is 11.5. The van der Waals surface area contributed by atoms with Crippen LogP contribution in [0, 0.1) is 17.5 Å². The summed E-state index contributed by atoms with van der Waals surface area (Å²) in [6.07, 6.45) is 0. The second kappa shape index (κ2) is 6.47. The Balaban J connectivity index is 2.73. The van der Waals surface area contributed by atoms with Gasteiger partial charge in [0, 0.05) is 0 Å². The minimum absolute atomic E-state index is 0.0559. The Kier molecular flexibility index (Phi) is 4.84. The molecule has 6 nitrogen and oxygen atoms in total. The third kappa shape index (κ3) is 2.85. The van der Waals surface area contributed by atoms with Crippen molar-refractivity contribution in [3.8, 4) is 5.69 Å². The highest BCUT2D eigenvalue weighted by molar-refractivity contribution is 14.1. The molecule has 0 N–H and O–H groups in total. The number of carbonyl (C=O) groups excluding carboxylic acids is 2. The lowest BCUT2D eigenvalue weighted by Crippen LogP contribution is -2.11. The molecule has 0 saturated heterocycles. The summed E-state index contributed by atoms with van der Waals surface area (Å²) in [5.41, 5.74) is 2.87. The molecule has 0 spiro atoms. The zero-order valence-electron chi connectivity index (χ0n) is 12.6. The number of halogens is 1. The summed E-state index contributed by atoms with van der Waals surface area (Å²) >= 11 is 1.97. The van der Waals surface area contributed by atoms with Crippen LogP contribution in [0.25, 0.3) is 5.69 Å². The maximum Gasteiger partial charge on any atom is 0.359 e. The lowest BCUT2D eigenvalue weighted by molar-refractivity contribution is 0.0551. The minimum Gasteiger partial charge on any atom is -0.465 e. The van der Waals surface area contributed by atoms with Gasteiger partial charge in [0.2, 0.25) is 0 Å². The molecule has 2 rings (SSSR count). The second-order valence-electron chi connectivity index (χ2n) is 4.70. The first-order valence-electron chi connectivity index (χ1n) is 6.43. The van der Waals surface area contributed by atoms with Crippen LogP contribution >= 0.6 is 22.6 Å². The van der Waals surface area contributed by atoms with Crippen molar-refractivity contribution < 1.29 is 19.1 Å². The number of aromatic nitrogens is 2. The van der Waals surface area contributed by atoms with Crippen LogP contribution in [0.1, 0.15) is 32.0 Å². The van der Waals surface area contributed by atoms with E-state index >= 15 is 0 Å². The molecular formula is C15H15IN2O4. The number of hydrogen-bond acceptors (Lipinski definition) is 5. The van der Waals surface area contributed by atoms with E-state index in [4.69, 9.17) is 9.47 Å². The third-order valence-corrected chi connectivity index (χ3v) is 4.19. The molecule has 0 unspecified atom stereocenters.